The lowest BCUT2D eigenvalue weighted by Crippen LogP contribution is -2.57. The Labute approximate surface area is 188 Å². The van der Waals surface area contributed by atoms with Gasteiger partial charge in [-0.1, -0.05) is 54.6 Å². The molecule has 3 aliphatic heterocycles. The molecule has 2 saturated heterocycles. The average Bonchev–Trinajstić information content (AvgIpc) is 3.16. The molecule has 0 unspecified atom stereocenters. The summed E-state index contributed by atoms with van der Waals surface area (Å²) in [5.74, 6) is -0.119. The number of β-amino-alcohol motifs (C(OH)–C–C–N with tert-alkyl or cyclic N) is 1. The summed E-state index contributed by atoms with van der Waals surface area (Å²) in [4.78, 5) is 29.4. The molecule has 2 aromatic rings. The fraction of sp³-hybridized carbons (Fsp3) is 0.440. The summed E-state index contributed by atoms with van der Waals surface area (Å²) in [6, 6.07) is 17.2. The van der Waals surface area contributed by atoms with Crippen LogP contribution in [0.2, 0.25) is 0 Å². The molecule has 0 radical (unpaired) electrons. The first-order chi connectivity index (χ1) is 15.6. The van der Waals surface area contributed by atoms with Gasteiger partial charge in [0, 0.05) is 26.2 Å². The van der Waals surface area contributed by atoms with E-state index in [9.17, 15) is 14.7 Å². The van der Waals surface area contributed by atoms with E-state index in [1.807, 2.05) is 41.3 Å². The topological polar surface area (TPSA) is 82.1 Å². The number of ether oxygens (including phenoxy) is 1. The van der Waals surface area contributed by atoms with Crippen LogP contribution in [0.1, 0.15) is 35.6 Å². The van der Waals surface area contributed by atoms with Crippen LogP contribution in [0.3, 0.4) is 0 Å². The molecule has 7 heteroatoms. The number of fused-ring (bicyclic) bond motifs is 2. The van der Waals surface area contributed by atoms with E-state index >= 15 is 0 Å². The number of nitrogens with one attached hydrogen (secondary N) is 1. The van der Waals surface area contributed by atoms with Gasteiger partial charge in [0.15, 0.2) is 0 Å². The molecule has 0 aromatic heterocycles. The van der Waals surface area contributed by atoms with Crippen molar-refractivity contribution in [3.63, 3.8) is 0 Å². The predicted molar refractivity (Wildman–Crippen MR) is 118 cm³/mol. The smallest absolute Gasteiger partial charge is 0.244 e. The van der Waals surface area contributed by atoms with Crippen LogP contribution in [0.25, 0.3) is 0 Å². The fourth-order valence-corrected chi connectivity index (χ4v) is 5.03. The van der Waals surface area contributed by atoms with Crippen molar-refractivity contribution in [2.24, 2.45) is 0 Å². The molecule has 3 heterocycles. The standard InChI is InChI=1S/C25H29N3O4/c29-20-15-28(16-20)24(31)23(18-6-2-1-3-7-18)26-14-22(30)27-12-10-25(11-13-27)21-9-5-4-8-19(21)17-32-25/h1-9,20,23,26,29H,10-17H2/t23-/m1/s1. The molecule has 5 rings (SSSR count). The molecule has 2 N–H and O–H groups in total. The molecule has 2 aromatic carbocycles. The van der Waals surface area contributed by atoms with Gasteiger partial charge in [0.05, 0.1) is 24.9 Å². The first kappa shape index (κ1) is 21.1. The third kappa shape index (κ3) is 3.92. The molecular weight excluding hydrogens is 406 g/mol. The van der Waals surface area contributed by atoms with Gasteiger partial charge in [-0.3, -0.25) is 14.9 Å². The van der Waals surface area contributed by atoms with Crippen molar-refractivity contribution in [1.29, 1.82) is 0 Å². The Kier molecular flexibility index (Phi) is 5.71. The number of hydrogen-bond acceptors (Lipinski definition) is 5. The van der Waals surface area contributed by atoms with Crippen molar-refractivity contribution in [3.05, 3.63) is 71.3 Å². The maximum absolute atomic E-state index is 13.0. The maximum Gasteiger partial charge on any atom is 0.244 e. The molecule has 2 amide bonds. The van der Waals surface area contributed by atoms with Crippen molar-refractivity contribution in [3.8, 4) is 0 Å². The van der Waals surface area contributed by atoms with Crippen LogP contribution in [0.4, 0.5) is 0 Å². The number of amides is 2. The quantitative estimate of drug-likeness (QED) is 0.745. The summed E-state index contributed by atoms with van der Waals surface area (Å²) in [5, 5.41) is 12.7. The Morgan fingerprint density at radius 2 is 1.72 bits per heavy atom. The van der Waals surface area contributed by atoms with Crippen molar-refractivity contribution >= 4 is 11.8 Å². The van der Waals surface area contributed by atoms with Crippen LogP contribution >= 0.6 is 0 Å². The van der Waals surface area contributed by atoms with E-state index < -0.39 is 12.1 Å². The number of likely N-dealkylation sites (tertiary alicyclic amines) is 2. The second-order valence-electron chi connectivity index (χ2n) is 8.94. The molecule has 1 spiro atoms. The van der Waals surface area contributed by atoms with Gasteiger partial charge in [-0.05, 0) is 29.5 Å². The van der Waals surface area contributed by atoms with E-state index in [2.05, 4.69) is 23.5 Å². The number of piperidine rings is 1. The Morgan fingerprint density at radius 3 is 2.44 bits per heavy atom. The number of hydrogen-bond donors (Lipinski definition) is 2. The normalized spacial score (nSPS) is 20.7. The Hall–Kier alpha value is -2.74. The molecule has 0 aliphatic carbocycles. The van der Waals surface area contributed by atoms with Crippen LogP contribution in [0.5, 0.6) is 0 Å². The van der Waals surface area contributed by atoms with E-state index in [0.29, 0.717) is 32.8 Å². The van der Waals surface area contributed by atoms with Gasteiger partial charge in [-0.25, -0.2) is 0 Å². The number of benzene rings is 2. The predicted octanol–water partition coefficient (Wildman–Crippen LogP) is 1.57. The Balaban J connectivity index is 1.20. The lowest BCUT2D eigenvalue weighted by molar-refractivity contribution is -0.144. The molecule has 7 nitrogen and oxygen atoms in total. The average molecular weight is 436 g/mol. The highest BCUT2D eigenvalue weighted by Crippen LogP contribution is 2.43. The fourth-order valence-electron chi connectivity index (χ4n) is 5.03. The van der Waals surface area contributed by atoms with Crippen molar-refractivity contribution < 1.29 is 19.4 Å². The van der Waals surface area contributed by atoms with Crippen LogP contribution in [0, 0.1) is 0 Å². The molecule has 1 atom stereocenters. The molecule has 32 heavy (non-hydrogen) atoms. The lowest BCUT2D eigenvalue weighted by Gasteiger charge is -2.40. The van der Waals surface area contributed by atoms with Crippen LogP contribution in [0.15, 0.2) is 54.6 Å². The molecule has 168 valence electrons. The van der Waals surface area contributed by atoms with E-state index in [0.717, 1.165) is 18.4 Å². The summed E-state index contributed by atoms with van der Waals surface area (Å²) in [7, 11) is 0. The van der Waals surface area contributed by atoms with Crippen LogP contribution in [-0.2, 0) is 26.5 Å². The minimum atomic E-state index is -0.603. The molecule has 0 saturated carbocycles. The van der Waals surface area contributed by atoms with Gasteiger partial charge in [0.25, 0.3) is 0 Å². The maximum atomic E-state index is 13.0. The summed E-state index contributed by atoms with van der Waals surface area (Å²) in [5.41, 5.74) is 3.05. The number of aliphatic hydroxyl groups excluding tert-OH is 1. The van der Waals surface area contributed by atoms with E-state index in [1.54, 1.807) is 4.90 Å². The second kappa shape index (κ2) is 8.65. The van der Waals surface area contributed by atoms with Crippen molar-refractivity contribution in [1.82, 2.24) is 15.1 Å². The van der Waals surface area contributed by atoms with Gasteiger partial charge in [0.2, 0.25) is 11.8 Å². The summed E-state index contributed by atoms with van der Waals surface area (Å²) in [6.07, 6.45) is 1.10. The lowest BCUT2D eigenvalue weighted by atomic mass is 9.84. The summed E-state index contributed by atoms with van der Waals surface area (Å²) < 4.78 is 6.20. The van der Waals surface area contributed by atoms with Gasteiger partial charge in [0.1, 0.15) is 6.04 Å². The first-order valence-electron chi connectivity index (χ1n) is 11.3. The van der Waals surface area contributed by atoms with Gasteiger partial charge >= 0.3 is 0 Å². The molecule has 0 bridgehead atoms. The van der Waals surface area contributed by atoms with E-state index in [1.165, 1.54) is 11.1 Å². The zero-order chi connectivity index (χ0) is 22.1. The highest BCUT2D eigenvalue weighted by Gasteiger charge is 2.43. The highest BCUT2D eigenvalue weighted by molar-refractivity contribution is 5.85. The van der Waals surface area contributed by atoms with Gasteiger partial charge in [-0.2, -0.15) is 0 Å². The molecular formula is C25H29N3O4. The third-order valence-corrected chi connectivity index (χ3v) is 6.95. The zero-order valence-corrected chi connectivity index (χ0v) is 18.1. The van der Waals surface area contributed by atoms with Gasteiger partial charge in [-0.15, -0.1) is 0 Å². The Morgan fingerprint density at radius 1 is 1.03 bits per heavy atom. The Bertz CT molecular complexity index is 982. The monoisotopic (exact) mass is 435 g/mol. The summed E-state index contributed by atoms with van der Waals surface area (Å²) >= 11 is 0. The number of aliphatic hydroxyl groups is 1. The number of carbonyl (C=O) groups excluding carboxylic acids is 2. The third-order valence-electron chi connectivity index (χ3n) is 6.95. The highest BCUT2D eigenvalue weighted by atomic mass is 16.5. The molecule has 3 aliphatic rings. The van der Waals surface area contributed by atoms with Crippen molar-refractivity contribution in [2.75, 3.05) is 32.7 Å². The second-order valence-corrected chi connectivity index (χ2v) is 8.94. The number of rotatable bonds is 5. The number of nitrogens with zero attached hydrogens (tertiary/aromatic N) is 2. The first-order valence-corrected chi connectivity index (χ1v) is 11.3. The minimum Gasteiger partial charge on any atom is -0.389 e. The van der Waals surface area contributed by atoms with Crippen LogP contribution in [-0.4, -0.2) is 65.5 Å². The molecule has 2 fully saturated rings. The SMILES string of the molecule is O=C(CN[C@@H](C(=O)N1CC(O)C1)c1ccccc1)N1CCC2(CC1)OCc1ccccc12. The van der Waals surface area contributed by atoms with Crippen LogP contribution < -0.4 is 5.32 Å². The largest absolute Gasteiger partial charge is 0.389 e. The van der Waals surface area contributed by atoms with Crippen molar-refractivity contribution in [2.45, 2.75) is 37.2 Å². The van der Waals surface area contributed by atoms with E-state index in [4.69, 9.17) is 4.74 Å². The zero-order valence-electron chi connectivity index (χ0n) is 18.1. The van der Waals surface area contributed by atoms with E-state index in [-0.39, 0.29) is 24.0 Å². The number of carbonyl (C=O) groups is 2. The van der Waals surface area contributed by atoms with Gasteiger partial charge < -0.3 is 19.6 Å². The minimum absolute atomic E-state index is 0.0106. The summed E-state index contributed by atoms with van der Waals surface area (Å²) in [6.45, 7) is 2.68.